The molecule has 0 aliphatic rings. The van der Waals surface area contributed by atoms with E-state index >= 15 is 0 Å². The Hall–Kier alpha value is -2.33. The van der Waals surface area contributed by atoms with Crippen molar-refractivity contribution in [1.29, 1.82) is 0 Å². The average Bonchev–Trinajstić information content (AvgIpc) is 2.50. The molecule has 0 amide bonds. The molecule has 0 radical (unpaired) electrons. The summed E-state index contributed by atoms with van der Waals surface area (Å²) in [5.74, 6) is 0.0356. The molecule has 0 aliphatic carbocycles. The molecule has 0 saturated carbocycles. The number of benzene rings is 2. The van der Waals surface area contributed by atoms with Crippen molar-refractivity contribution >= 4 is 49.5 Å². The highest BCUT2D eigenvalue weighted by Gasteiger charge is 2.22. The fraction of sp³-hybridized carbons (Fsp3) is 0. The molecule has 0 saturated heterocycles. The van der Waals surface area contributed by atoms with Crippen molar-refractivity contribution in [3.8, 4) is 11.5 Å². The summed E-state index contributed by atoms with van der Waals surface area (Å²) >= 11 is 6.41. The van der Waals surface area contributed by atoms with Gasteiger partial charge in [-0.2, -0.15) is 0 Å². The highest BCUT2D eigenvalue weighted by atomic mass is 79.9. The molecule has 8 nitrogen and oxygen atoms in total. The number of hydrogen-bond donors (Lipinski definition) is 0. The van der Waals surface area contributed by atoms with E-state index in [1.54, 1.807) is 0 Å². The van der Waals surface area contributed by atoms with Crippen molar-refractivity contribution in [2.45, 2.75) is 0 Å². The lowest BCUT2D eigenvalue weighted by Crippen LogP contribution is -1.97. The lowest BCUT2D eigenvalue weighted by Gasteiger charge is -2.10. The Morgan fingerprint density at radius 2 is 1.61 bits per heavy atom. The molecule has 2 aromatic rings. The predicted octanol–water partition coefficient (Wildman–Crippen LogP) is 4.63. The van der Waals surface area contributed by atoms with Gasteiger partial charge in [0, 0.05) is 11.6 Å². The van der Waals surface area contributed by atoms with Crippen LogP contribution < -0.4 is 4.74 Å². The van der Waals surface area contributed by atoms with Crippen LogP contribution in [-0.4, -0.2) is 16.1 Å². The van der Waals surface area contributed by atoms with Crippen LogP contribution in [0.1, 0.15) is 10.4 Å². The van der Waals surface area contributed by atoms with Crippen molar-refractivity contribution < 1.29 is 19.4 Å². The zero-order valence-electron chi connectivity index (χ0n) is 11.1. The van der Waals surface area contributed by atoms with Crippen LogP contribution in [0.3, 0.4) is 0 Å². The minimum atomic E-state index is -0.774. The Kier molecular flexibility index (Phi) is 5.06. The van der Waals surface area contributed by atoms with Crippen molar-refractivity contribution in [3.63, 3.8) is 0 Å². The number of non-ortho nitro benzene ring substituents is 1. The van der Waals surface area contributed by atoms with Gasteiger partial charge in [0.05, 0.1) is 24.9 Å². The van der Waals surface area contributed by atoms with E-state index in [9.17, 15) is 25.0 Å². The van der Waals surface area contributed by atoms with Crippen LogP contribution in [0.4, 0.5) is 11.4 Å². The Balaban J connectivity index is 2.50. The number of ether oxygens (including phenoxy) is 1. The van der Waals surface area contributed by atoms with Crippen LogP contribution in [0.5, 0.6) is 11.5 Å². The maximum atomic E-state index is 11.1. The van der Waals surface area contributed by atoms with Crippen LogP contribution in [0.15, 0.2) is 39.3 Å². The average molecular weight is 446 g/mol. The molecule has 0 bridgehead atoms. The summed E-state index contributed by atoms with van der Waals surface area (Å²) in [6, 6.07) is 6.01. The largest absolute Gasteiger partial charge is 0.448 e. The van der Waals surface area contributed by atoms with E-state index in [2.05, 4.69) is 31.9 Å². The molecule has 0 heterocycles. The second-order valence-corrected chi connectivity index (χ2v) is 5.91. The van der Waals surface area contributed by atoms with Gasteiger partial charge < -0.3 is 4.74 Å². The van der Waals surface area contributed by atoms with Gasteiger partial charge in [-0.3, -0.25) is 25.0 Å². The summed E-state index contributed by atoms with van der Waals surface area (Å²) in [4.78, 5) is 31.1. The second-order valence-electron chi connectivity index (χ2n) is 4.20. The molecule has 0 aliphatic heterocycles. The molecule has 0 aromatic heterocycles. The Morgan fingerprint density at radius 1 is 1.00 bits per heavy atom. The number of rotatable bonds is 5. The normalized spacial score (nSPS) is 10.2. The molecule has 0 unspecified atom stereocenters. The monoisotopic (exact) mass is 444 g/mol. The van der Waals surface area contributed by atoms with Gasteiger partial charge in [0.25, 0.3) is 5.69 Å². The Morgan fingerprint density at radius 3 is 2.09 bits per heavy atom. The fourth-order valence-electron chi connectivity index (χ4n) is 1.70. The molecule has 0 spiro atoms. The first-order valence-corrected chi connectivity index (χ1v) is 7.47. The Bertz CT molecular complexity index is 801. The van der Waals surface area contributed by atoms with Gasteiger partial charge in [0.15, 0.2) is 5.75 Å². The van der Waals surface area contributed by atoms with Gasteiger partial charge in [-0.15, -0.1) is 0 Å². The summed E-state index contributed by atoms with van der Waals surface area (Å²) < 4.78 is 6.27. The molecule has 2 rings (SSSR count). The first kappa shape index (κ1) is 17.0. The molecule has 0 atom stereocenters. The summed E-state index contributed by atoms with van der Waals surface area (Å²) in [6.07, 6.45) is 0.633. The van der Waals surface area contributed by atoms with E-state index in [1.165, 1.54) is 12.1 Å². The zero-order valence-corrected chi connectivity index (χ0v) is 14.2. The molecule has 0 fully saturated rings. The molecular formula is C13H6Br2N2O6. The standard InChI is InChI=1S/C13H6Br2N2O6/c14-9-3-7(6-18)4-10(15)13(9)23-12-2-1-8(16(19)20)5-11(12)17(21)22/h1-6H. The van der Waals surface area contributed by atoms with E-state index in [1.807, 2.05) is 0 Å². The highest BCUT2D eigenvalue weighted by Crippen LogP contribution is 2.41. The van der Waals surface area contributed by atoms with E-state index in [0.29, 0.717) is 20.8 Å². The van der Waals surface area contributed by atoms with E-state index in [-0.39, 0.29) is 11.5 Å². The van der Waals surface area contributed by atoms with Gasteiger partial charge in [0.2, 0.25) is 5.75 Å². The maximum Gasteiger partial charge on any atom is 0.318 e. The van der Waals surface area contributed by atoms with Gasteiger partial charge in [-0.05, 0) is 50.1 Å². The second kappa shape index (κ2) is 6.84. The number of nitrogens with zero attached hydrogens (tertiary/aromatic N) is 2. The van der Waals surface area contributed by atoms with Gasteiger partial charge in [-0.1, -0.05) is 0 Å². The van der Waals surface area contributed by atoms with Crippen LogP contribution in [-0.2, 0) is 0 Å². The first-order chi connectivity index (χ1) is 10.8. The quantitative estimate of drug-likeness (QED) is 0.376. The summed E-state index contributed by atoms with van der Waals surface area (Å²) in [7, 11) is 0. The number of hydrogen-bond acceptors (Lipinski definition) is 6. The minimum absolute atomic E-state index is 0.166. The third kappa shape index (κ3) is 3.71. The third-order valence-electron chi connectivity index (χ3n) is 2.72. The fourth-order valence-corrected chi connectivity index (χ4v) is 3.09. The van der Waals surface area contributed by atoms with Crippen molar-refractivity contribution in [3.05, 3.63) is 65.1 Å². The molecule has 118 valence electrons. The molecule has 10 heteroatoms. The summed E-state index contributed by atoms with van der Waals surface area (Å²) in [6.45, 7) is 0. The van der Waals surface area contributed by atoms with Gasteiger partial charge >= 0.3 is 5.69 Å². The van der Waals surface area contributed by atoms with Crippen LogP contribution in [0.25, 0.3) is 0 Å². The topological polar surface area (TPSA) is 113 Å². The smallest absolute Gasteiger partial charge is 0.318 e. The number of halogens is 2. The summed E-state index contributed by atoms with van der Waals surface area (Å²) in [5.41, 5.74) is -0.592. The van der Waals surface area contributed by atoms with E-state index < -0.39 is 21.2 Å². The van der Waals surface area contributed by atoms with E-state index in [0.717, 1.165) is 18.2 Å². The highest BCUT2D eigenvalue weighted by molar-refractivity contribution is 9.11. The van der Waals surface area contributed by atoms with Crippen molar-refractivity contribution in [2.24, 2.45) is 0 Å². The minimum Gasteiger partial charge on any atom is -0.448 e. The molecule has 0 N–H and O–H groups in total. The molecular weight excluding hydrogens is 440 g/mol. The number of carbonyl (C=O) groups excluding carboxylic acids is 1. The lowest BCUT2D eigenvalue weighted by atomic mass is 10.2. The zero-order chi connectivity index (χ0) is 17.1. The van der Waals surface area contributed by atoms with Crippen molar-refractivity contribution in [2.75, 3.05) is 0 Å². The molecule has 23 heavy (non-hydrogen) atoms. The number of nitro benzene ring substituents is 2. The number of nitro groups is 2. The van der Waals surface area contributed by atoms with Crippen molar-refractivity contribution in [1.82, 2.24) is 0 Å². The number of carbonyl (C=O) groups is 1. The van der Waals surface area contributed by atoms with Crippen LogP contribution >= 0.6 is 31.9 Å². The Labute approximate surface area is 145 Å². The van der Waals surface area contributed by atoms with Gasteiger partial charge in [0.1, 0.15) is 6.29 Å². The molecule has 2 aromatic carbocycles. The predicted molar refractivity (Wildman–Crippen MR) is 87.1 cm³/mol. The van der Waals surface area contributed by atoms with Gasteiger partial charge in [-0.25, -0.2) is 0 Å². The SMILES string of the molecule is O=Cc1cc(Br)c(Oc2ccc([N+](=O)[O-])cc2[N+](=O)[O-])c(Br)c1. The number of aldehydes is 1. The third-order valence-corrected chi connectivity index (χ3v) is 3.90. The summed E-state index contributed by atoms with van der Waals surface area (Å²) in [5, 5.41) is 21.8. The first-order valence-electron chi connectivity index (χ1n) is 5.88. The van der Waals surface area contributed by atoms with Crippen LogP contribution in [0, 0.1) is 20.2 Å². The maximum absolute atomic E-state index is 11.1. The van der Waals surface area contributed by atoms with E-state index in [4.69, 9.17) is 4.74 Å². The lowest BCUT2D eigenvalue weighted by molar-refractivity contribution is -0.394. The van der Waals surface area contributed by atoms with Crippen LogP contribution in [0.2, 0.25) is 0 Å².